The highest BCUT2D eigenvalue weighted by Gasteiger charge is 2.35. The van der Waals surface area contributed by atoms with Gasteiger partial charge in [0.05, 0.1) is 6.04 Å². The molecule has 0 aromatic carbocycles. The molecule has 0 unspecified atom stereocenters. The van der Waals surface area contributed by atoms with Crippen LogP contribution in [-0.2, 0) is 0 Å². The van der Waals surface area contributed by atoms with Gasteiger partial charge in [-0.3, -0.25) is 0 Å². The van der Waals surface area contributed by atoms with Gasteiger partial charge in [0.15, 0.2) is 6.10 Å². The minimum atomic E-state index is 0.0203. The molecule has 1 saturated heterocycles. The third-order valence-electron chi connectivity index (χ3n) is 3.18. The first-order chi connectivity index (χ1) is 5.36. The summed E-state index contributed by atoms with van der Waals surface area (Å²) < 4.78 is 0. The van der Waals surface area contributed by atoms with E-state index in [9.17, 15) is 0 Å². The summed E-state index contributed by atoms with van der Waals surface area (Å²) in [6.07, 6.45) is 7.11. The van der Waals surface area contributed by atoms with Gasteiger partial charge in [-0.2, -0.15) is 0 Å². The fourth-order valence-corrected chi connectivity index (χ4v) is 2.39. The Morgan fingerprint density at radius 3 is 2.18 bits per heavy atom. The molecule has 1 aliphatic heterocycles. The molecule has 0 radical (unpaired) electrons. The average molecular weight is 156 g/mol. The number of hydrogen-bond donors (Lipinski definition) is 2. The first-order valence-corrected chi connectivity index (χ1v) is 4.89. The number of aliphatic hydroxyl groups is 1. The molecule has 0 aromatic rings. The van der Waals surface area contributed by atoms with Crippen molar-refractivity contribution in [1.29, 1.82) is 0 Å². The Bertz CT molecular complexity index is 126. The molecule has 1 saturated carbocycles. The Morgan fingerprint density at radius 1 is 1.00 bits per heavy atom. The van der Waals surface area contributed by atoms with Crippen LogP contribution in [-0.4, -0.2) is 30.3 Å². The van der Waals surface area contributed by atoms with Crippen LogP contribution in [0.3, 0.4) is 0 Å². The molecule has 2 rings (SSSR count). The Hall–Kier alpha value is -0.0800. The van der Waals surface area contributed by atoms with E-state index in [0.29, 0.717) is 0 Å². The number of aliphatic hydroxyl groups excluding tert-OH is 1. The van der Waals surface area contributed by atoms with E-state index in [1.807, 2.05) is 0 Å². The second-order valence-corrected chi connectivity index (χ2v) is 4.06. The molecular weight excluding hydrogens is 138 g/mol. The van der Waals surface area contributed by atoms with E-state index in [1.165, 1.54) is 32.1 Å². The van der Waals surface area contributed by atoms with Crippen LogP contribution in [0, 0.1) is 0 Å². The Balaban J connectivity index is 1.76. The Morgan fingerprint density at radius 2 is 1.64 bits per heavy atom. The average Bonchev–Trinajstić information content (AvgIpc) is 2.01. The van der Waals surface area contributed by atoms with Gasteiger partial charge < -0.3 is 10.0 Å². The van der Waals surface area contributed by atoms with Crippen LogP contribution in [0.25, 0.3) is 0 Å². The van der Waals surface area contributed by atoms with Gasteiger partial charge in [-0.05, 0) is 25.7 Å². The summed E-state index contributed by atoms with van der Waals surface area (Å²) in [6, 6.07) is 0.896. The number of quaternary nitrogens is 1. The Labute approximate surface area is 68.2 Å². The van der Waals surface area contributed by atoms with E-state index in [2.05, 4.69) is 0 Å². The molecule has 1 aliphatic carbocycles. The lowest BCUT2D eigenvalue weighted by atomic mass is 9.92. The van der Waals surface area contributed by atoms with E-state index in [0.717, 1.165) is 19.1 Å². The van der Waals surface area contributed by atoms with Crippen LogP contribution >= 0.6 is 0 Å². The second kappa shape index (κ2) is 3.11. The maximum absolute atomic E-state index is 9.13. The second-order valence-electron chi connectivity index (χ2n) is 4.06. The SMILES string of the molecule is OC1C[NH+](C2CCCCC2)C1. The highest BCUT2D eigenvalue weighted by Crippen LogP contribution is 2.16. The van der Waals surface area contributed by atoms with E-state index < -0.39 is 0 Å². The molecule has 2 nitrogen and oxygen atoms in total. The number of hydrogen-bond acceptors (Lipinski definition) is 1. The third-order valence-corrected chi connectivity index (χ3v) is 3.18. The van der Waals surface area contributed by atoms with Crippen molar-refractivity contribution >= 4 is 0 Å². The lowest BCUT2D eigenvalue weighted by Gasteiger charge is -2.39. The van der Waals surface area contributed by atoms with Gasteiger partial charge in [-0.1, -0.05) is 6.42 Å². The van der Waals surface area contributed by atoms with Crippen molar-refractivity contribution in [3.63, 3.8) is 0 Å². The predicted molar refractivity (Wildman–Crippen MR) is 43.6 cm³/mol. The normalized spacial score (nSPS) is 40.1. The summed E-state index contributed by atoms with van der Waals surface area (Å²) in [6.45, 7) is 2.04. The van der Waals surface area contributed by atoms with Crippen LogP contribution in [0.5, 0.6) is 0 Å². The molecule has 2 fully saturated rings. The van der Waals surface area contributed by atoms with Crippen LogP contribution in [0.2, 0.25) is 0 Å². The molecule has 0 bridgehead atoms. The summed E-state index contributed by atoms with van der Waals surface area (Å²) in [7, 11) is 0. The summed E-state index contributed by atoms with van der Waals surface area (Å²) in [5, 5.41) is 9.13. The van der Waals surface area contributed by atoms with Crippen molar-refractivity contribution in [1.82, 2.24) is 0 Å². The molecule has 1 heterocycles. The fourth-order valence-electron chi connectivity index (χ4n) is 2.39. The number of nitrogens with one attached hydrogen (secondary N) is 1. The fraction of sp³-hybridized carbons (Fsp3) is 1.00. The molecule has 11 heavy (non-hydrogen) atoms. The van der Waals surface area contributed by atoms with E-state index in [-0.39, 0.29) is 6.10 Å². The largest absolute Gasteiger partial charge is 0.382 e. The van der Waals surface area contributed by atoms with Crippen molar-refractivity contribution in [2.24, 2.45) is 0 Å². The molecule has 0 amide bonds. The van der Waals surface area contributed by atoms with Crippen molar-refractivity contribution in [2.45, 2.75) is 44.2 Å². The minimum absolute atomic E-state index is 0.0203. The van der Waals surface area contributed by atoms with E-state index in [4.69, 9.17) is 5.11 Å². The predicted octanol–water partition coefficient (Wildman–Crippen LogP) is -0.422. The van der Waals surface area contributed by atoms with Gasteiger partial charge in [0.2, 0.25) is 0 Å². The summed E-state index contributed by atoms with van der Waals surface area (Å²) in [4.78, 5) is 1.66. The minimum Gasteiger partial charge on any atom is -0.382 e. The van der Waals surface area contributed by atoms with Gasteiger partial charge in [0, 0.05) is 0 Å². The summed E-state index contributed by atoms with van der Waals surface area (Å²) >= 11 is 0. The molecule has 0 aromatic heterocycles. The maximum atomic E-state index is 9.13. The van der Waals surface area contributed by atoms with Gasteiger partial charge in [0.1, 0.15) is 13.1 Å². The first-order valence-electron chi connectivity index (χ1n) is 4.89. The smallest absolute Gasteiger partial charge is 0.152 e. The van der Waals surface area contributed by atoms with E-state index in [1.54, 1.807) is 4.90 Å². The monoisotopic (exact) mass is 156 g/mol. The Kier molecular flexibility index (Phi) is 2.14. The highest BCUT2D eigenvalue weighted by molar-refractivity contribution is 4.69. The summed E-state index contributed by atoms with van der Waals surface area (Å²) in [5.41, 5.74) is 0. The van der Waals surface area contributed by atoms with Crippen LogP contribution in [0.15, 0.2) is 0 Å². The first kappa shape index (κ1) is 7.56. The standard InChI is InChI=1S/C9H17NO/c11-9-6-10(7-9)8-4-2-1-3-5-8/h8-9,11H,1-7H2/p+1. The van der Waals surface area contributed by atoms with Crippen molar-refractivity contribution < 1.29 is 10.0 Å². The third kappa shape index (κ3) is 1.57. The zero-order valence-electron chi connectivity index (χ0n) is 7.05. The van der Waals surface area contributed by atoms with Crippen molar-refractivity contribution in [2.75, 3.05) is 13.1 Å². The summed E-state index contributed by atoms with van der Waals surface area (Å²) in [5.74, 6) is 0. The number of likely N-dealkylation sites (tertiary alicyclic amines) is 1. The van der Waals surface area contributed by atoms with Crippen LogP contribution in [0.1, 0.15) is 32.1 Å². The quantitative estimate of drug-likeness (QED) is 0.529. The highest BCUT2D eigenvalue weighted by atomic mass is 16.3. The molecular formula is C9H18NO+. The lowest BCUT2D eigenvalue weighted by Crippen LogP contribution is -3.24. The molecule has 0 spiro atoms. The molecule has 2 heteroatoms. The topological polar surface area (TPSA) is 24.7 Å². The van der Waals surface area contributed by atoms with Crippen molar-refractivity contribution in [3.8, 4) is 0 Å². The van der Waals surface area contributed by atoms with Gasteiger partial charge >= 0.3 is 0 Å². The molecule has 2 aliphatic rings. The molecule has 2 N–H and O–H groups in total. The maximum Gasteiger partial charge on any atom is 0.152 e. The van der Waals surface area contributed by atoms with Crippen LogP contribution < -0.4 is 4.90 Å². The lowest BCUT2D eigenvalue weighted by molar-refractivity contribution is -0.972. The zero-order chi connectivity index (χ0) is 7.68. The van der Waals surface area contributed by atoms with Crippen molar-refractivity contribution in [3.05, 3.63) is 0 Å². The van der Waals surface area contributed by atoms with Gasteiger partial charge in [0.25, 0.3) is 0 Å². The van der Waals surface area contributed by atoms with Crippen LogP contribution in [0.4, 0.5) is 0 Å². The van der Waals surface area contributed by atoms with E-state index >= 15 is 0 Å². The number of rotatable bonds is 1. The zero-order valence-corrected chi connectivity index (χ0v) is 7.05. The molecule has 64 valence electrons. The van der Waals surface area contributed by atoms with Gasteiger partial charge in [-0.25, -0.2) is 0 Å². The molecule has 0 atom stereocenters. The van der Waals surface area contributed by atoms with Gasteiger partial charge in [-0.15, -0.1) is 0 Å².